The smallest absolute Gasteiger partial charge is 0.376 e. The van der Waals surface area contributed by atoms with E-state index in [0.29, 0.717) is 5.69 Å². The van der Waals surface area contributed by atoms with Gasteiger partial charge in [0.05, 0.1) is 12.1 Å². The number of hydrogen-bond acceptors (Lipinski definition) is 2. The summed E-state index contributed by atoms with van der Waals surface area (Å²) in [6, 6.07) is 12.2. The zero-order valence-corrected chi connectivity index (χ0v) is 12.6. The summed E-state index contributed by atoms with van der Waals surface area (Å²) in [6.07, 6.45) is -3.55. The van der Waals surface area contributed by atoms with Crippen molar-refractivity contribution in [3.63, 3.8) is 0 Å². The van der Waals surface area contributed by atoms with E-state index in [4.69, 9.17) is 0 Å². The van der Waals surface area contributed by atoms with E-state index in [1.54, 1.807) is 6.07 Å². The molecule has 0 aromatic heterocycles. The molecule has 3 nitrogen and oxygen atoms in total. The maximum Gasteiger partial charge on any atom is 0.416 e. The molecule has 2 aromatic carbocycles. The number of benzene rings is 2. The standard InChI is InChI=1S/C17H17F3N2O/c1-2-12-5-3-8-15(9-12)22-16(23)11-21-14-7-4-6-13(10-14)17(18,19)20/h3-10,21H,2,11H2,1H3,(H,22,23). The third kappa shape index (κ3) is 5.02. The van der Waals surface area contributed by atoms with Crippen LogP contribution in [0.3, 0.4) is 0 Å². The molecular formula is C17H17F3N2O. The number of hydrogen-bond donors (Lipinski definition) is 2. The Morgan fingerprint density at radius 3 is 2.43 bits per heavy atom. The van der Waals surface area contributed by atoms with Crippen LogP contribution in [0, 0.1) is 0 Å². The fourth-order valence-electron chi connectivity index (χ4n) is 2.06. The summed E-state index contributed by atoms with van der Waals surface area (Å²) in [5.41, 5.74) is 1.25. The highest BCUT2D eigenvalue weighted by molar-refractivity contribution is 5.93. The van der Waals surface area contributed by atoms with E-state index >= 15 is 0 Å². The number of anilines is 2. The summed E-state index contributed by atoms with van der Waals surface area (Å²) in [5.74, 6) is -0.323. The second-order valence-electron chi connectivity index (χ2n) is 5.03. The van der Waals surface area contributed by atoms with Crippen molar-refractivity contribution in [2.45, 2.75) is 19.5 Å². The highest BCUT2D eigenvalue weighted by Gasteiger charge is 2.30. The molecule has 0 unspecified atom stereocenters. The first-order chi connectivity index (χ1) is 10.9. The van der Waals surface area contributed by atoms with Crippen LogP contribution in [0.5, 0.6) is 0 Å². The molecule has 23 heavy (non-hydrogen) atoms. The van der Waals surface area contributed by atoms with Gasteiger partial charge >= 0.3 is 6.18 Å². The molecule has 122 valence electrons. The quantitative estimate of drug-likeness (QED) is 0.861. The Labute approximate surface area is 132 Å². The van der Waals surface area contributed by atoms with E-state index in [2.05, 4.69) is 10.6 Å². The van der Waals surface area contributed by atoms with Crippen LogP contribution in [0.25, 0.3) is 0 Å². The average molecular weight is 322 g/mol. The van der Waals surface area contributed by atoms with Crippen molar-refractivity contribution in [2.24, 2.45) is 0 Å². The number of aryl methyl sites for hydroxylation is 1. The zero-order chi connectivity index (χ0) is 16.9. The van der Waals surface area contributed by atoms with E-state index in [9.17, 15) is 18.0 Å². The predicted molar refractivity (Wildman–Crippen MR) is 84.4 cm³/mol. The lowest BCUT2D eigenvalue weighted by atomic mass is 10.1. The van der Waals surface area contributed by atoms with Crippen molar-refractivity contribution in [1.82, 2.24) is 0 Å². The molecule has 2 N–H and O–H groups in total. The van der Waals surface area contributed by atoms with Crippen LogP contribution >= 0.6 is 0 Å². The largest absolute Gasteiger partial charge is 0.416 e. The van der Waals surface area contributed by atoms with Gasteiger partial charge in [-0.2, -0.15) is 13.2 Å². The van der Waals surface area contributed by atoms with E-state index in [1.165, 1.54) is 12.1 Å². The van der Waals surface area contributed by atoms with Crippen LogP contribution in [0.4, 0.5) is 24.5 Å². The van der Waals surface area contributed by atoms with Crippen LogP contribution < -0.4 is 10.6 Å². The molecule has 0 heterocycles. The van der Waals surface area contributed by atoms with Gasteiger partial charge in [-0.1, -0.05) is 25.1 Å². The molecule has 2 aromatic rings. The molecule has 1 amide bonds. The van der Waals surface area contributed by atoms with Gasteiger partial charge in [-0.25, -0.2) is 0 Å². The van der Waals surface area contributed by atoms with E-state index < -0.39 is 11.7 Å². The lowest BCUT2D eigenvalue weighted by Crippen LogP contribution is -2.22. The van der Waals surface area contributed by atoms with Crippen LogP contribution in [0.15, 0.2) is 48.5 Å². The summed E-state index contributed by atoms with van der Waals surface area (Å²) in [6.45, 7) is 1.90. The Bertz CT molecular complexity index is 684. The van der Waals surface area contributed by atoms with Gasteiger partial charge in [-0.15, -0.1) is 0 Å². The van der Waals surface area contributed by atoms with Gasteiger partial charge in [0.15, 0.2) is 0 Å². The minimum Gasteiger partial charge on any atom is -0.376 e. The van der Waals surface area contributed by atoms with Gasteiger partial charge in [-0.05, 0) is 42.3 Å². The second kappa shape index (κ2) is 7.17. The third-order valence-electron chi connectivity index (χ3n) is 3.26. The van der Waals surface area contributed by atoms with Crippen LogP contribution in [0.2, 0.25) is 0 Å². The van der Waals surface area contributed by atoms with Gasteiger partial charge in [-0.3, -0.25) is 4.79 Å². The molecule has 0 atom stereocenters. The molecule has 0 radical (unpaired) electrons. The molecule has 0 saturated heterocycles. The lowest BCUT2D eigenvalue weighted by Gasteiger charge is -2.11. The molecule has 0 bridgehead atoms. The average Bonchev–Trinajstić information content (AvgIpc) is 2.52. The number of rotatable bonds is 5. The Morgan fingerprint density at radius 1 is 1.04 bits per heavy atom. The summed E-state index contributed by atoms with van der Waals surface area (Å²) >= 11 is 0. The molecule has 0 fully saturated rings. The fourth-order valence-corrected chi connectivity index (χ4v) is 2.06. The molecule has 0 aliphatic rings. The number of alkyl halides is 3. The minimum absolute atomic E-state index is 0.113. The Hall–Kier alpha value is -2.50. The predicted octanol–water partition coefficient (Wildman–Crippen LogP) is 4.32. The maximum atomic E-state index is 12.6. The molecule has 0 spiro atoms. The number of nitrogens with one attached hydrogen (secondary N) is 2. The Kier molecular flexibility index (Phi) is 5.26. The SMILES string of the molecule is CCc1cccc(NC(=O)CNc2cccc(C(F)(F)F)c2)c1. The summed E-state index contributed by atoms with van der Waals surface area (Å²) < 4.78 is 37.9. The molecule has 0 aliphatic heterocycles. The van der Waals surface area contributed by atoms with Gasteiger partial charge in [0.1, 0.15) is 0 Å². The van der Waals surface area contributed by atoms with Crippen LogP contribution in [-0.2, 0) is 17.4 Å². The van der Waals surface area contributed by atoms with Crippen molar-refractivity contribution < 1.29 is 18.0 Å². The van der Waals surface area contributed by atoms with Crippen LogP contribution in [0.1, 0.15) is 18.1 Å². The number of carbonyl (C=O) groups is 1. The highest BCUT2D eigenvalue weighted by Crippen LogP contribution is 2.30. The first kappa shape index (κ1) is 16.9. The Balaban J connectivity index is 1.94. The summed E-state index contributed by atoms with van der Waals surface area (Å²) in [4.78, 5) is 11.9. The summed E-state index contributed by atoms with van der Waals surface area (Å²) in [7, 11) is 0. The van der Waals surface area contributed by atoms with Gasteiger partial charge in [0.2, 0.25) is 5.91 Å². The molecule has 6 heteroatoms. The molecule has 2 rings (SSSR count). The Morgan fingerprint density at radius 2 is 1.74 bits per heavy atom. The summed E-state index contributed by atoms with van der Waals surface area (Å²) in [5, 5.41) is 5.40. The van der Waals surface area contributed by atoms with Crippen molar-refractivity contribution in [2.75, 3.05) is 17.2 Å². The first-order valence-electron chi connectivity index (χ1n) is 7.18. The number of carbonyl (C=O) groups excluding carboxylic acids is 1. The van der Waals surface area contributed by atoms with Gasteiger partial charge in [0, 0.05) is 11.4 Å². The monoisotopic (exact) mass is 322 g/mol. The topological polar surface area (TPSA) is 41.1 Å². The van der Waals surface area contributed by atoms with E-state index in [1.807, 2.05) is 25.1 Å². The van der Waals surface area contributed by atoms with Crippen LogP contribution in [-0.4, -0.2) is 12.5 Å². The lowest BCUT2D eigenvalue weighted by molar-refractivity contribution is -0.137. The highest BCUT2D eigenvalue weighted by atomic mass is 19.4. The molecule has 0 saturated carbocycles. The first-order valence-corrected chi connectivity index (χ1v) is 7.18. The number of halogens is 3. The molecular weight excluding hydrogens is 305 g/mol. The maximum absolute atomic E-state index is 12.6. The molecule has 0 aliphatic carbocycles. The fraction of sp³-hybridized carbons (Fsp3) is 0.235. The van der Waals surface area contributed by atoms with Crippen molar-refractivity contribution in [3.05, 3.63) is 59.7 Å². The van der Waals surface area contributed by atoms with E-state index in [0.717, 1.165) is 24.1 Å². The van der Waals surface area contributed by atoms with Crippen molar-refractivity contribution >= 4 is 17.3 Å². The van der Waals surface area contributed by atoms with Crippen molar-refractivity contribution in [3.8, 4) is 0 Å². The minimum atomic E-state index is -4.40. The van der Waals surface area contributed by atoms with Gasteiger partial charge in [0.25, 0.3) is 0 Å². The van der Waals surface area contributed by atoms with Gasteiger partial charge < -0.3 is 10.6 Å². The van der Waals surface area contributed by atoms with Crippen molar-refractivity contribution in [1.29, 1.82) is 0 Å². The normalized spacial score (nSPS) is 11.1. The second-order valence-corrected chi connectivity index (χ2v) is 5.03. The van der Waals surface area contributed by atoms with E-state index in [-0.39, 0.29) is 18.1 Å². The third-order valence-corrected chi connectivity index (χ3v) is 3.26. The number of amides is 1. The zero-order valence-electron chi connectivity index (χ0n) is 12.6.